The first-order valence-corrected chi connectivity index (χ1v) is 1.08. The van der Waals surface area contributed by atoms with E-state index in [-0.39, 0.29) is 20.4 Å². The molecule has 0 rings (SSSR count). The van der Waals surface area contributed by atoms with Crippen molar-refractivity contribution in [2.24, 2.45) is 0 Å². The van der Waals surface area contributed by atoms with Crippen LogP contribution in [0.25, 0.3) is 0 Å². The molecular formula is C3H4NPd-. The van der Waals surface area contributed by atoms with Crippen LogP contribution >= 0.6 is 0 Å². The van der Waals surface area contributed by atoms with Gasteiger partial charge < -0.3 is 6.92 Å². The van der Waals surface area contributed by atoms with Gasteiger partial charge in [-0.1, -0.05) is 6.42 Å². The Morgan fingerprint density at radius 2 is 2.00 bits per heavy atom. The van der Waals surface area contributed by atoms with Crippen LogP contribution in [0, 0.1) is 18.3 Å². The molecule has 0 aromatic heterocycles. The minimum Gasteiger partial charge on any atom is -0.330 e. The minimum atomic E-state index is 0. The van der Waals surface area contributed by atoms with Gasteiger partial charge in [0.05, 0.1) is 0 Å². The van der Waals surface area contributed by atoms with Crippen molar-refractivity contribution in [2.45, 2.75) is 6.42 Å². The second-order valence-electron chi connectivity index (χ2n) is 0.408. The van der Waals surface area contributed by atoms with E-state index in [4.69, 9.17) is 5.26 Å². The van der Waals surface area contributed by atoms with Crippen molar-refractivity contribution >= 4 is 0 Å². The number of nitrogens with zero attached hydrogens (tertiary/aromatic N) is 1. The molecule has 0 aliphatic rings. The summed E-state index contributed by atoms with van der Waals surface area (Å²) in [6.07, 6.45) is 0.375. The quantitative estimate of drug-likeness (QED) is 0.379. The van der Waals surface area contributed by atoms with Gasteiger partial charge in [-0.2, -0.15) is 0 Å². The molecule has 0 aromatic carbocycles. The summed E-state index contributed by atoms with van der Waals surface area (Å²) in [6.45, 7) is 3.24. The molecule has 0 amide bonds. The first-order chi connectivity index (χ1) is 1.91. The molecule has 0 radical (unpaired) electrons. The molecular weight excluding hydrogens is 156 g/mol. The fourth-order valence-corrected chi connectivity index (χ4v) is 0. The molecule has 0 bridgehead atoms. The fraction of sp³-hybridized carbons (Fsp3) is 0.333. The standard InChI is InChI=1S/C3H4N.Pd/c1-2-3-4;/h1-2H2;/q-1;. The Labute approximate surface area is 45.6 Å². The molecule has 0 aliphatic carbocycles. The summed E-state index contributed by atoms with van der Waals surface area (Å²) in [7, 11) is 0. The van der Waals surface area contributed by atoms with Crippen molar-refractivity contribution in [3.63, 3.8) is 0 Å². The SMILES string of the molecule is [CH2-]CC#N.[Pd]. The summed E-state index contributed by atoms with van der Waals surface area (Å²) in [5.41, 5.74) is 0. The van der Waals surface area contributed by atoms with Gasteiger partial charge in [0.25, 0.3) is 0 Å². The van der Waals surface area contributed by atoms with E-state index in [1.807, 2.05) is 6.07 Å². The van der Waals surface area contributed by atoms with Crippen LogP contribution in [-0.2, 0) is 20.4 Å². The second kappa shape index (κ2) is 8.91. The van der Waals surface area contributed by atoms with Crippen LogP contribution in [0.3, 0.4) is 0 Å². The van der Waals surface area contributed by atoms with Crippen LogP contribution in [0.4, 0.5) is 0 Å². The molecule has 0 saturated carbocycles. The summed E-state index contributed by atoms with van der Waals surface area (Å²) < 4.78 is 0. The summed E-state index contributed by atoms with van der Waals surface area (Å²) in [6, 6.07) is 1.82. The van der Waals surface area contributed by atoms with Gasteiger partial charge in [0.15, 0.2) is 0 Å². The molecule has 0 heterocycles. The van der Waals surface area contributed by atoms with E-state index < -0.39 is 0 Å². The maximum atomic E-state index is 7.56. The molecule has 0 aliphatic heterocycles. The van der Waals surface area contributed by atoms with E-state index in [1.165, 1.54) is 0 Å². The first kappa shape index (κ1) is 8.94. The third-order valence-corrected chi connectivity index (χ3v) is 0.112. The van der Waals surface area contributed by atoms with Gasteiger partial charge in [0.1, 0.15) is 0 Å². The maximum Gasteiger partial charge on any atom is 0.0292 e. The number of rotatable bonds is 0. The van der Waals surface area contributed by atoms with Crippen LogP contribution in [0.2, 0.25) is 0 Å². The van der Waals surface area contributed by atoms with Gasteiger partial charge in [-0.05, 0) is 0 Å². The molecule has 0 fully saturated rings. The van der Waals surface area contributed by atoms with Crippen LogP contribution < -0.4 is 0 Å². The Hall–Kier alpha value is 0.152. The van der Waals surface area contributed by atoms with Gasteiger partial charge in [0, 0.05) is 26.5 Å². The summed E-state index contributed by atoms with van der Waals surface area (Å²) in [4.78, 5) is 0. The normalized spacial score (nSPS) is 4.00. The van der Waals surface area contributed by atoms with Crippen molar-refractivity contribution in [2.75, 3.05) is 0 Å². The van der Waals surface area contributed by atoms with Crippen LogP contribution in [0.5, 0.6) is 0 Å². The number of nitriles is 1. The van der Waals surface area contributed by atoms with E-state index >= 15 is 0 Å². The molecule has 0 spiro atoms. The largest absolute Gasteiger partial charge is 0.330 e. The third kappa shape index (κ3) is 14.5. The number of hydrogen-bond donors (Lipinski definition) is 0. The average molecular weight is 160 g/mol. The van der Waals surface area contributed by atoms with E-state index in [1.54, 1.807) is 0 Å². The van der Waals surface area contributed by atoms with Gasteiger partial charge >= 0.3 is 0 Å². The smallest absolute Gasteiger partial charge is 0.0292 e. The zero-order valence-corrected chi connectivity index (χ0v) is 4.23. The summed E-state index contributed by atoms with van der Waals surface area (Å²) in [5, 5.41) is 7.56. The third-order valence-electron chi connectivity index (χ3n) is 0.112. The zero-order valence-electron chi connectivity index (χ0n) is 2.68. The summed E-state index contributed by atoms with van der Waals surface area (Å²) in [5.74, 6) is 0. The molecule has 0 unspecified atom stereocenters. The minimum absolute atomic E-state index is 0. The van der Waals surface area contributed by atoms with Crippen molar-refractivity contribution < 1.29 is 20.4 Å². The molecule has 0 atom stereocenters. The van der Waals surface area contributed by atoms with Gasteiger partial charge in [0.2, 0.25) is 0 Å². The van der Waals surface area contributed by atoms with E-state index in [0.29, 0.717) is 6.42 Å². The van der Waals surface area contributed by atoms with Gasteiger partial charge in [-0.3, -0.25) is 0 Å². The second-order valence-corrected chi connectivity index (χ2v) is 0.408. The average Bonchev–Trinajstić information content (AvgIpc) is 1.37. The Morgan fingerprint density at radius 3 is 2.00 bits per heavy atom. The topological polar surface area (TPSA) is 23.8 Å². The van der Waals surface area contributed by atoms with Crippen LogP contribution in [-0.4, -0.2) is 0 Å². The van der Waals surface area contributed by atoms with Crippen molar-refractivity contribution in [1.82, 2.24) is 0 Å². The van der Waals surface area contributed by atoms with Crippen molar-refractivity contribution in [1.29, 1.82) is 5.26 Å². The Morgan fingerprint density at radius 1 is 1.80 bits per heavy atom. The van der Waals surface area contributed by atoms with E-state index in [9.17, 15) is 0 Å². The van der Waals surface area contributed by atoms with Crippen molar-refractivity contribution in [3.05, 3.63) is 6.92 Å². The van der Waals surface area contributed by atoms with Crippen LogP contribution in [0.1, 0.15) is 6.42 Å². The number of hydrogen-bond acceptors (Lipinski definition) is 1. The maximum absolute atomic E-state index is 7.56. The monoisotopic (exact) mass is 160 g/mol. The van der Waals surface area contributed by atoms with Crippen LogP contribution in [0.15, 0.2) is 0 Å². The Kier molecular flexibility index (Phi) is 15.9. The molecule has 1 nitrogen and oxygen atoms in total. The Bertz CT molecular complexity index is 36.6. The van der Waals surface area contributed by atoms with Crippen molar-refractivity contribution in [3.8, 4) is 6.07 Å². The fourth-order valence-electron chi connectivity index (χ4n) is 0. The van der Waals surface area contributed by atoms with Gasteiger partial charge in [-0.15, -0.1) is 0 Å². The molecule has 2 heteroatoms. The van der Waals surface area contributed by atoms with E-state index in [2.05, 4.69) is 6.92 Å². The van der Waals surface area contributed by atoms with E-state index in [0.717, 1.165) is 0 Å². The predicted octanol–water partition coefficient (Wildman–Crippen LogP) is 0.732. The predicted molar refractivity (Wildman–Crippen MR) is 15.6 cm³/mol. The Balaban J connectivity index is 0. The van der Waals surface area contributed by atoms with Gasteiger partial charge in [-0.25, -0.2) is 5.26 Å². The molecule has 0 N–H and O–H groups in total. The molecule has 5 heavy (non-hydrogen) atoms. The zero-order chi connectivity index (χ0) is 3.41. The summed E-state index contributed by atoms with van der Waals surface area (Å²) >= 11 is 0. The molecule has 0 aromatic rings. The first-order valence-electron chi connectivity index (χ1n) is 1.08. The molecule has 0 saturated heterocycles. The molecule has 32 valence electrons.